The first kappa shape index (κ1) is 14.0. The summed E-state index contributed by atoms with van der Waals surface area (Å²) in [5.74, 6) is -0.111. The monoisotopic (exact) mass is 271 g/mol. The van der Waals surface area contributed by atoms with E-state index in [1.165, 1.54) is 0 Å². The summed E-state index contributed by atoms with van der Waals surface area (Å²) in [7, 11) is 1.93. The van der Waals surface area contributed by atoms with E-state index in [9.17, 15) is 4.79 Å². The van der Waals surface area contributed by atoms with Gasteiger partial charge in [-0.2, -0.15) is 0 Å². The van der Waals surface area contributed by atoms with Crippen molar-refractivity contribution >= 4 is 11.8 Å². The van der Waals surface area contributed by atoms with Crippen LogP contribution in [0.3, 0.4) is 0 Å². The summed E-state index contributed by atoms with van der Waals surface area (Å²) in [6.45, 7) is 4.51. The third-order valence-corrected chi connectivity index (χ3v) is 3.19. The predicted octanol–water partition coefficient (Wildman–Crippen LogP) is 2.43. The Balaban J connectivity index is 2.12. The summed E-state index contributed by atoms with van der Waals surface area (Å²) >= 11 is 0. The quantitative estimate of drug-likeness (QED) is 0.925. The summed E-state index contributed by atoms with van der Waals surface area (Å²) < 4.78 is 0. The molecule has 0 saturated heterocycles. The van der Waals surface area contributed by atoms with E-state index in [0.717, 1.165) is 22.8 Å². The maximum absolute atomic E-state index is 10.8. The maximum atomic E-state index is 10.8. The standard InChI is InChI=1S/C15H17N3O2/c1-10-11(2)17-14(8-16-10)18(3)9-12-4-6-13(7-5-12)15(19)20/h4-8H,9H2,1-3H3,(H,19,20). The van der Waals surface area contributed by atoms with Gasteiger partial charge >= 0.3 is 5.97 Å². The van der Waals surface area contributed by atoms with E-state index < -0.39 is 5.97 Å². The first-order valence-electron chi connectivity index (χ1n) is 6.31. The number of benzene rings is 1. The molecule has 0 atom stereocenters. The minimum atomic E-state index is -0.912. The van der Waals surface area contributed by atoms with Crippen molar-refractivity contribution in [3.8, 4) is 0 Å². The highest BCUT2D eigenvalue weighted by Gasteiger charge is 2.07. The van der Waals surface area contributed by atoms with Crippen LogP contribution in [0.25, 0.3) is 0 Å². The lowest BCUT2D eigenvalue weighted by Crippen LogP contribution is -2.18. The molecular weight excluding hydrogens is 254 g/mol. The van der Waals surface area contributed by atoms with Gasteiger partial charge in [0.05, 0.1) is 23.1 Å². The third kappa shape index (κ3) is 3.12. The van der Waals surface area contributed by atoms with Crippen molar-refractivity contribution in [3.05, 3.63) is 53.0 Å². The fraction of sp³-hybridized carbons (Fsp3) is 0.267. The van der Waals surface area contributed by atoms with Crippen molar-refractivity contribution in [3.63, 3.8) is 0 Å². The zero-order chi connectivity index (χ0) is 14.7. The Labute approximate surface area is 117 Å². The number of anilines is 1. The van der Waals surface area contributed by atoms with Gasteiger partial charge < -0.3 is 10.0 Å². The highest BCUT2D eigenvalue weighted by Crippen LogP contribution is 2.14. The van der Waals surface area contributed by atoms with Crippen LogP contribution in [0.1, 0.15) is 27.3 Å². The van der Waals surface area contributed by atoms with Crippen LogP contribution in [0.2, 0.25) is 0 Å². The molecule has 1 N–H and O–H groups in total. The van der Waals surface area contributed by atoms with E-state index in [0.29, 0.717) is 12.1 Å². The molecular formula is C15H17N3O2. The van der Waals surface area contributed by atoms with Crippen molar-refractivity contribution in [1.82, 2.24) is 9.97 Å². The largest absolute Gasteiger partial charge is 0.478 e. The zero-order valence-electron chi connectivity index (χ0n) is 11.8. The number of hydrogen-bond donors (Lipinski definition) is 1. The molecule has 2 rings (SSSR count). The topological polar surface area (TPSA) is 66.3 Å². The molecule has 1 aromatic carbocycles. The Morgan fingerprint density at radius 3 is 2.40 bits per heavy atom. The Hall–Kier alpha value is -2.43. The number of rotatable bonds is 4. The fourth-order valence-corrected chi connectivity index (χ4v) is 1.82. The number of aryl methyl sites for hydroxylation is 2. The second-order valence-electron chi connectivity index (χ2n) is 4.76. The molecule has 0 aliphatic carbocycles. The number of hydrogen-bond acceptors (Lipinski definition) is 4. The molecule has 1 heterocycles. The van der Waals surface area contributed by atoms with Crippen LogP contribution in [0.5, 0.6) is 0 Å². The molecule has 0 spiro atoms. The van der Waals surface area contributed by atoms with E-state index >= 15 is 0 Å². The summed E-state index contributed by atoms with van der Waals surface area (Å²) in [5, 5.41) is 8.86. The van der Waals surface area contributed by atoms with Crippen molar-refractivity contribution in [1.29, 1.82) is 0 Å². The minimum absolute atomic E-state index is 0.294. The Kier molecular flexibility index (Phi) is 3.98. The number of aromatic carboxylic acids is 1. The fourth-order valence-electron chi connectivity index (χ4n) is 1.82. The number of carboxylic acids is 1. The van der Waals surface area contributed by atoms with Crippen LogP contribution < -0.4 is 4.90 Å². The molecule has 0 saturated carbocycles. The molecule has 0 fully saturated rings. The molecule has 104 valence electrons. The van der Waals surface area contributed by atoms with Crippen LogP contribution in [-0.4, -0.2) is 28.1 Å². The van der Waals surface area contributed by atoms with Crippen LogP contribution in [0.4, 0.5) is 5.82 Å². The highest BCUT2D eigenvalue weighted by atomic mass is 16.4. The lowest BCUT2D eigenvalue weighted by molar-refractivity contribution is 0.0697. The molecule has 0 amide bonds. The molecule has 0 aliphatic heterocycles. The van der Waals surface area contributed by atoms with Crippen molar-refractivity contribution < 1.29 is 9.90 Å². The van der Waals surface area contributed by atoms with Gasteiger partial charge in [0.25, 0.3) is 0 Å². The molecule has 20 heavy (non-hydrogen) atoms. The second-order valence-corrected chi connectivity index (χ2v) is 4.76. The number of aromatic nitrogens is 2. The van der Waals surface area contributed by atoms with Gasteiger partial charge in [0, 0.05) is 13.6 Å². The van der Waals surface area contributed by atoms with Crippen molar-refractivity contribution in [2.75, 3.05) is 11.9 Å². The average Bonchev–Trinajstić information content (AvgIpc) is 2.42. The van der Waals surface area contributed by atoms with E-state index in [-0.39, 0.29) is 0 Å². The van der Waals surface area contributed by atoms with Gasteiger partial charge in [0.2, 0.25) is 0 Å². The van der Waals surface area contributed by atoms with Crippen LogP contribution in [0.15, 0.2) is 30.5 Å². The lowest BCUT2D eigenvalue weighted by atomic mass is 10.1. The smallest absolute Gasteiger partial charge is 0.335 e. The van der Waals surface area contributed by atoms with Gasteiger partial charge in [-0.15, -0.1) is 0 Å². The molecule has 0 radical (unpaired) electrons. The van der Waals surface area contributed by atoms with E-state index in [1.54, 1.807) is 18.3 Å². The van der Waals surface area contributed by atoms with Gasteiger partial charge in [0.1, 0.15) is 5.82 Å². The first-order chi connectivity index (χ1) is 9.47. The Bertz CT molecular complexity index is 624. The molecule has 0 aliphatic rings. The predicted molar refractivity (Wildman–Crippen MR) is 77.0 cm³/mol. The molecule has 5 nitrogen and oxygen atoms in total. The average molecular weight is 271 g/mol. The van der Waals surface area contributed by atoms with Crippen molar-refractivity contribution in [2.24, 2.45) is 0 Å². The molecule has 5 heteroatoms. The highest BCUT2D eigenvalue weighted by molar-refractivity contribution is 5.87. The maximum Gasteiger partial charge on any atom is 0.335 e. The summed E-state index contributed by atoms with van der Waals surface area (Å²) in [4.78, 5) is 21.6. The summed E-state index contributed by atoms with van der Waals surface area (Å²) in [6, 6.07) is 6.85. The number of carbonyl (C=O) groups is 1. The molecule has 1 aromatic heterocycles. The Morgan fingerprint density at radius 2 is 1.85 bits per heavy atom. The van der Waals surface area contributed by atoms with Gasteiger partial charge in [0.15, 0.2) is 0 Å². The summed E-state index contributed by atoms with van der Waals surface area (Å²) in [6.07, 6.45) is 1.74. The van der Waals surface area contributed by atoms with Gasteiger partial charge in [-0.1, -0.05) is 12.1 Å². The second kappa shape index (κ2) is 5.69. The van der Waals surface area contributed by atoms with E-state index in [4.69, 9.17) is 5.11 Å². The lowest BCUT2D eigenvalue weighted by Gasteiger charge is -2.18. The van der Waals surface area contributed by atoms with Gasteiger partial charge in [-0.05, 0) is 31.5 Å². The summed E-state index contributed by atoms with van der Waals surface area (Å²) in [5.41, 5.74) is 3.16. The molecule has 2 aromatic rings. The Morgan fingerprint density at radius 1 is 1.20 bits per heavy atom. The number of nitrogens with zero attached hydrogens (tertiary/aromatic N) is 3. The van der Waals surface area contributed by atoms with Gasteiger partial charge in [-0.25, -0.2) is 9.78 Å². The van der Waals surface area contributed by atoms with Crippen molar-refractivity contribution in [2.45, 2.75) is 20.4 Å². The third-order valence-electron chi connectivity index (χ3n) is 3.19. The van der Waals surface area contributed by atoms with Crippen LogP contribution >= 0.6 is 0 Å². The van der Waals surface area contributed by atoms with E-state index in [1.807, 2.05) is 37.9 Å². The van der Waals surface area contributed by atoms with E-state index in [2.05, 4.69) is 9.97 Å². The zero-order valence-corrected chi connectivity index (χ0v) is 11.8. The molecule has 0 unspecified atom stereocenters. The molecule has 0 bridgehead atoms. The minimum Gasteiger partial charge on any atom is -0.478 e. The number of carboxylic acid groups (broad SMARTS) is 1. The van der Waals surface area contributed by atoms with Gasteiger partial charge in [-0.3, -0.25) is 4.98 Å². The van der Waals surface area contributed by atoms with Crippen LogP contribution in [0, 0.1) is 13.8 Å². The normalized spacial score (nSPS) is 10.3. The first-order valence-corrected chi connectivity index (χ1v) is 6.31. The SMILES string of the molecule is Cc1ncc(N(C)Cc2ccc(C(=O)O)cc2)nc1C. The van der Waals surface area contributed by atoms with Crippen LogP contribution in [-0.2, 0) is 6.54 Å².